The lowest BCUT2D eigenvalue weighted by Gasteiger charge is -1.98. The number of halogens is 2. The van der Waals surface area contributed by atoms with Crippen molar-refractivity contribution in [2.75, 3.05) is 0 Å². The fourth-order valence-electron chi connectivity index (χ4n) is 1.59. The van der Waals surface area contributed by atoms with Crippen LogP contribution in [0.3, 0.4) is 0 Å². The Kier molecular flexibility index (Phi) is 6.63. The molecule has 0 nitrogen and oxygen atoms in total. The summed E-state index contributed by atoms with van der Waals surface area (Å²) in [6.45, 7) is 8.52. The first kappa shape index (κ1) is 16.0. The van der Waals surface area contributed by atoms with Gasteiger partial charge in [0.2, 0.25) is 0 Å². The molecule has 0 heterocycles. The van der Waals surface area contributed by atoms with Crippen LogP contribution in [0.4, 0.5) is 0 Å². The van der Waals surface area contributed by atoms with E-state index in [1.165, 1.54) is 29.4 Å². The fourth-order valence-corrected chi connectivity index (χ4v) is 2.28. The van der Waals surface area contributed by atoms with Gasteiger partial charge in [0.15, 0.2) is 0 Å². The van der Waals surface area contributed by atoms with Gasteiger partial charge in [0.05, 0.1) is 0 Å². The van der Waals surface area contributed by atoms with E-state index < -0.39 is 0 Å². The molecule has 0 aliphatic heterocycles. The summed E-state index contributed by atoms with van der Waals surface area (Å²) in [7, 11) is 0. The van der Waals surface area contributed by atoms with Gasteiger partial charge in [-0.15, -0.1) is 0 Å². The van der Waals surface area contributed by atoms with Crippen molar-refractivity contribution in [2.45, 2.75) is 27.7 Å². The van der Waals surface area contributed by atoms with E-state index in [1.807, 2.05) is 0 Å². The van der Waals surface area contributed by atoms with E-state index in [1.54, 1.807) is 0 Å². The first-order chi connectivity index (χ1) is 8.41. The van der Waals surface area contributed by atoms with Gasteiger partial charge >= 0.3 is 0 Å². The summed E-state index contributed by atoms with van der Waals surface area (Å²) in [5.74, 6) is 0. The van der Waals surface area contributed by atoms with E-state index >= 15 is 0 Å². The maximum absolute atomic E-state index is 2.37. The van der Waals surface area contributed by atoms with Crippen molar-refractivity contribution in [3.05, 3.63) is 65.8 Å². The van der Waals surface area contributed by atoms with Crippen LogP contribution in [0.15, 0.2) is 36.4 Å². The largest absolute Gasteiger partial charge is 0.0617 e. The second-order valence-corrected chi connectivity index (χ2v) is 6.70. The van der Waals surface area contributed by atoms with Gasteiger partial charge in [-0.3, -0.25) is 0 Å². The molecule has 0 atom stereocenters. The SMILES string of the molecule is Cc1ccc(I)c(C)c1.Cc1cccc(C)c1I. The molecule has 0 saturated carbocycles. The summed E-state index contributed by atoms with van der Waals surface area (Å²) in [6.07, 6.45) is 0. The standard InChI is InChI=1S/2C8H9I/c1-6-3-4-8(9)7(2)5-6;1-6-4-3-5-7(2)8(6)9/h2*3-5H,1-2H3. The number of benzene rings is 2. The molecule has 2 heteroatoms. The Morgan fingerprint density at radius 3 is 1.67 bits per heavy atom. The summed E-state index contributed by atoms with van der Waals surface area (Å²) in [4.78, 5) is 0. The predicted molar refractivity (Wildman–Crippen MR) is 97.3 cm³/mol. The van der Waals surface area contributed by atoms with Gasteiger partial charge in [0.1, 0.15) is 0 Å². The van der Waals surface area contributed by atoms with Crippen LogP contribution < -0.4 is 0 Å². The highest BCUT2D eigenvalue weighted by Gasteiger charge is 1.94. The molecule has 0 aromatic heterocycles. The molecule has 0 aliphatic rings. The third-order valence-electron chi connectivity index (χ3n) is 2.70. The van der Waals surface area contributed by atoms with Crippen LogP contribution in [0.2, 0.25) is 0 Å². The van der Waals surface area contributed by atoms with Crippen LogP contribution in [0.25, 0.3) is 0 Å². The molecule has 0 N–H and O–H groups in total. The molecular weight excluding hydrogens is 446 g/mol. The summed E-state index contributed by atoms with van der Waals surface area (Å²) in [6, 6.07) is 12.8. The van der Waals surface area contributed by atoms with Crippen molar-refractivity contribution >= 4 is 45.2 Å². The molecule has 18 heavy (non-hydrogen) atoms. The number of rotatable bonds is 0. The average molecular weight is 464 g/mol. The smallest absolute Gasteiger partial charge is 0.0188 e. The van der Waals surface area contributed by atoms with E-state index in [2.05, 4.69) is 109 Å². The van der Waals surface area contributed by atoms with Crippen molar-refractivity contribution in [1.29, 1.82) is 0 Å². The molecule has 0 amide bonds. The maximum Gasteiger partial charge on any atom is 0.0188 e. The molecule has 2 rings (SSSR count). The van der Waals surface area contributed by atoms with E-state index in [0.29, 0.717) is 0 Å². The molecule has 0 unspecified atom stereocenters. The van der Waals surface area contributed by atoms with Crippen LogP contribution in [0.5, 0.6) is 0 Å². The van der Waals surface area contributed by atoms with Crippen LogP contribution in [-0.4, -0.2) is 0 Å². The molecule has 0 saturated heterocycles. The van der Waals surface area contributed by atoms with E-state index in [9.17, 15) is 0 Å². The molecule has 0 bridgehead atoms. The molecular formula is C16H18I2. The van der Waals surface area contributed by atoms with Gasteiger partial charge < -0.3 is 0 Å². The van der Waals surface area contributed by atoms with Crippen molar-refractivity contribution in [3.8, 4) is 0 Å². The van der Waals surface area contributed by atoms with E-state index in [4.69, 9.17) is 0 Å². The molecule has 2 aromatic carbocycles. The second-order valence-electron chi connectivity index (χ2n) is 4.46. The Morgan fingerprint density at radius 1 is 0.722 bits per heavy atom. The monoisotopic (exact) mass is 464 g/mol. The highest BCUT2D eigenvalue weighted by atomic mass is 127. The van der Waals surface area contributed by atoms with Crippen molar-refractivity contribution < 1.29 is 0 Å². The Morgan fingerprint density at radius 2 is 1.28 bits per heavy atom. The molecule has 0 spiro atoms. The van der Waals surface area contributed by atoms with Crippen LogP contribution >= 0.6 is 45.2 Å². The normalized spacial score (nSPS) is 9.67. The third-order valence-corrected chi connectivity index (χ3v) is 5.61. The number of hydrogen-bond acceptors (Lipinski definition) is 0. The fraction of sp³-hybridized carbons (Fsp3) is 0.250. The molecule has 0 fully saturated rings. The van der Waals surface area contributed by atoms with Crippen LogP contribution in [0, 0.1) is 34.8 Å². The van der Waals surface area contributed by atoms with Gasteiger partial charge in [0, 0.05) is 7.14 Å². The van der Waals surface area contributed by atoms with Crippen molar-refractivity contribution in [1.82, 2.24) is 0 Å². The van der Waals surface area contributed by atoms with Gasteiger partial charge in [-0.1, -0.05) is 35.9 Å². The minimum absolute atomic E-state index is 1.34. The summed E-state index contributed by atoms with van der Waals surface area (Å²) in [5.41, 5.74) is 5.45. The summed E-state index contributed by atoms with van der Waals surface area (Å²) >= 11 is 4.71. The number of hydrogen-bond donors (Lipinski definition) is 0. The van der Waals surface area contributed by atoms with Gasteiger partial charge in [-0.25, -0.2) is 0 Å². The highest BCUT2D eigenvalue weighted by Crippen LogP contribution is 2.14. The average Bonchev–Trinajstić information content (AvgIpc) is 2.32. The Bertz CT molecular complexity index is 510. The van der Waals surface area contributed by atoms with Gasteiger partial charge in [-0.2, -0.15) is 0 Å². The highest BCUT2D eigenvalue weighted by molar-refractivity contribution is 14.1. The van der Waals surface area contributed by atoms with Gasteiger partial charge in [0.25, 0.3) is 0 Å². The molecule has 0 aliphatic carbocycles. The summed E-state index contributed by atoms with van der Waals surface area (Å²) < 4.78 is 2.73. The Labute approximate surface area is 137 Å². The second kappa shape index (κ2) is 7.48. The molecule has 2 aromatic rings. The lowest BCUT2D eigenvalue weighted by molar-refractivity contribution is 1.34. The molecule has 96 valence electrons. The molecule has 0 radical (unpaired) electrons. The third kappa shape index (κ3) is 4.88. The topological polar surface area (TPSA) is 0 Å². The summed E-state index contributed by atoms with van der Waals surface area (Å²) in [5, 5.41) is 0. The Balaban J connectivity index is 0.000000180. The lowest BCUT2D eigenvalue weighted by atomic mass is 10.2. The van der Waals surface area contributed by atoms with Gasteiger partial charge in [-0.05, 0) is 95.6 Å². The predicted octanol–water partition coefficient (Wildman–Crippen LogP) is 5.82. The van der Waals surface area contributed by atoms with Crippen LogP contribution in [0.1, 0.15) is 22.3 Å². The Hall–Kier alpha value is -0.100. The van der Waals surface area contributed by atoms with Crippen LogP contribution in [-0.2, 0) is 0 Å². The van der Waals surface area contributed by atoms with Crippen molar-refractivity contribution in [2.24, 2.45) is 0 Å². The minimum Gasteiger partial charge on any atom is -0.0617 e. The van der Waals surface area contributed by atoms with E-state index in [0.717, 1.165) is 0 Å². The quantitative estimate of drug-likeness (QED) is 0.432. The lowest BCUT2D eigenvalue weighted by Crippen LogP contribution is -1.82. The zero-order chi connectivity index (χ0) is 13.7. The first-order valence-corrected chi connectivity index (χ1v) is 8.02. The number of aryl methyl sites for hydroxylation is 4. The first-order valence-electron chi connectivity index (χ1n) is 5.86. The zero-order valence-electron chi connectivity index (χ0n) is 11.2. The minimum atomic E-state index is 1.34. The van der Waals surface area contributed by atoms with E-state index in [-0.39, 0.29) is 0 Å². The maximum atomic E-state index is 2.37. The zero-order valence-corrected chi connectivity index (χ0v) is 15.5. The van der Waals surface area contributed by atoms with Crippen molar-refractivity contribution in [3.63, 3.8) is 0 Å².